The summed E-state index contributed by atoms with van der Waals surface area (Å²) in [5.41, 5.74) is 5.35. The van der Waals surface area contributed by atoms with E-state index in [4.69, 9.17) is 24.3 Å². The SMILES string of the molecule is CC/C=C/C/C=C/C/C=C/C/C=C/C/C=C/CCCC(=O)O[C@H](COC(=O)CCCCCCCCCCCCCCCCCCCCCC)COP(=O)(O)OCCN. The molecule has 0 aliphatic carbocycles. The first-order valence-corrected chi connectivity index (χ1v) is 24.8. The molecule has 0 aromatic heterocycles. The van der Waals surface area contributed by atoms with Crippen LogP contribution in [0.2, 0.25) is 0 Å². The first-order chi connectivity index (χ1) is 28.3. The largest absolute Gasteiger partial charge is 0.472 e. The van der Waals surface area contributed by atoms with Crippen molar-refractivity contribution in [1.82, 2.24) is 0 Å². The Morgan fingerprint density at radius 1 is 0.534 bits per heavy atom. The van der Waals surface area contributed by atoms with Crippen molar-refractivity contribution in [3.8, 4) is 0 Å². The average molecular weight is 836 g/mol. The number of ether oxygens (including phenoxy) is 2. The number of allylic oxidation sites excluding steroid dienone is 10. The lowest BCUT2D eigenvalue weighted by Crippen LogP contribution is -2.29. The second kappa shape index (κ2) is 44.3. The van der Waals surface area contributed by atoms with E-state index in [0.29, 0.717) is 12.8 Å². The number of phosphoric acid groups is 1. The van der Waals surface area contributed by atoms with Crippen LogP contribution in [0.15, 0.2) is 60.8 Å². The summed E-state index contributed by atoms with van der Waals surface area (Å²) in [5.74, 6) is -0.893. The van der Waals surface area contributed by atoms with Gasteiger partial charge in [0.2, 0.25) is 0 Å². The van der Waals surface area contributed by atoms with Gasteiger partial charge >= 0.3 is 19.8 Å². The molecule has 10 heteroatoms. The number of nitrogens with two attached hydrogens (primary N) is 1. The highest BCUT2D eigenvalue weighted by Crippen LogP contribution is 2.43. The minimum atomic E-state index is -4.40. The fourth-order valence-corrected chi connectivity index (χ4v) is 7.02. The van der Waals surface area contributed by atoms with Gasteiger partial charge in [-0.3, -0.25) is 18.6 Å². The molecule has 58 heavy (non-hydrogen) atoms. The second-order valence-electron chi connectivity index (χ2n) is 15.2. The molecule has 0 radical (unpaired) electrons. The third kappa shape index (κ3) is 43.3. The van der Waals surface area contributed by atoms with E-state index < -0.39 is 32.5 Å². The Bertz CT molecular complexity index is 1130. The van der Waals surface area contributed by atoms with E-state index in [-0.39, 0.29) is 32.6 Å². The lowest BCUT2D eigenvalue weighted by atomic mass is 10.0. The molecular weight excluding hydrogens is 750 g/mol. The van der Waals surface area contributed by atoms with Gasteiger partial charge in [-0.1, -0.05) is 197 Å². The Morgan fingerprint density at radius 3 is 1.40 bits per heavy atom. The molecule has 0 aromatic carbocycles. The zero-order valence-corrected chi connectivity index (χ0v) is 37.9. The van der Waals surface area contributed by atoms with E-state index in [1.807, 2.05) is 6.08 Å². The molecule has 336 valence electrons. The summed E-state index contributed by atoms with van der Waals surface area (Å²) in [6.07, 6.45) is 52.7. The van der Waals surface area contributed by atoms with E-state index in [2.05, 4.69) is 68.5 Å². The summed E-state index contributed by atoms with van der Waals surface area (Å²) >= 11 is 0. The third-order valence-electron chi connectivity index (χ3n) is 9.67. The standard InChI is InChI=1S/C48H86NO8P/c1-3-5-7-9-11-13-15-17-19-21-22-23-25-26-28-30-32-34-36-38-40-47(50)54-44-46(45-56-58(52,53)55-43-42-49)57-48(51)41-39-37-35-33-31-29-27-24-20-18-16-14-12-10-8-6-4-2/h6,8,12,14,18,20,27,29,33,35,46H,3-5,7,9-11,13,15-17,19,21-26,28,30-32,34,36-45,49H2,1-2H3,(H,52,53)/b8-6+,14-12+,20-18+,29-27+,35-33+/t46-/m1/s1. The molecule has 0 amide bonds. The number of hydrogen-bond acceptors (Lipinski definition) is 8. The molecule has 0 spiro atoms. The minimum Gasteiger partial charge on any atom is -0.462 e. The van der Waals surface area contributed by atoms with E-state index in [1.165, 1.54) is 109 Å². The van der Waals surface area contributed by atoms with Gasteiger partial charge in [-0.15, -0.1) is 0 Å². The molecule has 0 heterocycles. The summed E-state index contributed by atoms with van der Waals surface area (Å²) < 4.78 is 32.8. The maximum absolute atomic E-state index is 12.6. The molecular formula is C48H86NO8P. The van der Waals surface area contributed by atoms with E-state index in [0.717, 1.165) is 51.4 Å². The van der Waals surface area contributed by atoms with Crippen LogP contribution in [0, 0.1) is 0 Å². The number of carbonyl (C=O) groups excluding carboxylic acids is 2. The molecule has 0 bridgehead atoms. The number of hydrogen-bond donors (Lipinski definition) is 2. The summed E-state index contributed by atoms with van der Waals surface area (Å²) in [7, 11) is -4.40. The van der Waals surface area contributed by atoms with Crippen molar-refractivity contribution in [3.63, 3.8) is 0 Å². The highest BCUT2D eigenvalue weighted by Gasteiger charge is 2.26. The molecule has 0 rings (SSSR count). The van der Waals surface area contributed by atoms with Gasteiger partial charge in [0.15, 0.2) is 6.10 Å². The zero-order chi connectivity index (χ0) is 42.5. The molecule has 2 atom stereocenters. The van der Waals surface area contributed by atoms with Crippen LogP contribution in [-0.4, -0.2) is 49.3 Å². The predicted molar refractivity (Wildman–Crippen MR) is 243 cm³/mol. The lowest BCUT2D eigenvalue weighted by molar-refractivity contribution is -0.161. The van der Waals surface area contributed by atoms with Gasteiger partial charge < -0.3 is 20.1 Å². The number of carbonyl (C=O) groups is 2. The Labute approximate surface area is 355 Å². The van der Waals surface area contributed by atoms with Crippen LogP contribution in [0.1, 0.15) is 200 Å². The van der Waals surface area contributed by atoms with Crippen molar-refractivity contribution in [2.45, 2.75) is 206 Å². The van der Waals surface area contributed by atoms with Crippen LogP contribution < -0.4 is 5.73 Å². The zero-order valence-electron chi connectivity index (χ0n) is 37.0. The second-order valence-corrected chi connectivity index (χ2v) is 16.7. The summed E-state index contributed by atoms with van der Waals surface area (Å²) in [6, 6.07) is 0. The van der Waals surface area contributed by atoms with Crippen molar-refractivity contribution in [2.75, 3.05) is 26.4 Å². The fourth-order valence-electron chi connectivity index (χ4n) is 6.26. The topological polar surface area (TPSA) is 134 Å². The average Bonchev–Trinajstić information content (AvgIpc) is 3.21. The van der Waals surface area contributed by atoms with Crippen molar-refractivity contribution in [3.05, 3.63) is 60.8 Å². The molecule has 9 nitrogen and oxygen atoms in total. The predicted octanol–water partition coefficient (Wildman–Crippen LogP) is 13.7. The maximum Gasteiger partial charge on any atom is 0.472 e. The van der Waals surface area contributed by atoms with E-state index in [1.54, 1.807) is 0 Å². The number of rotatable bonds is 43. The first kappa shape index (κ1) is 55.7. The van der Waals surface area contributed by atoms with E-state index in [9.17, 15) is 19.0 Å². The Kier molecular flexibility index (Phi) is 42.5. The normalized spacial score (nSPS) is 13.8. The van der Waals surface area contributed by atoms with Crippen LogP contribution in [-0.2, 0) is 32.7 Å². The van der Waals surface area contributed by atoms with Gasteiger partial charge in [0.25, 0.3) is 0 Å². The smallest absolute Gasteiger partial charge is 0.462 e. The van der Waals surface area contributed by atoms with Crippen molar-refractivity contribution >= 4 is 19.8 Å². The highest BCUT2D eigenvalue weighted by atomic mass is 31.2. The number of unbranched alkanes of at least 4 members (excludes halogenated alkanes) is 20. The first-order valence-electron chi connectivity index (χ1n) is 23.3. The molecule has 0 saturated carbocycles. The molecule has 0 fully saturated rings. The van der Waals surface area contributed by atoms with Gasteiger partial charge in [0.1, 0.15) is 6.61 Å². The highest BCUT2D eigenvalue weighted by molar-refractivity contribution is 7.47. The summed E-state index contributed by atoms with van der Waals surface area (Å²) in [4.78, 5) is 34.9. The number of phosphoric ester groups is 1. The maximum atomic E-state index is 12.6. The van der Waals surface area contributed by atoms with Crippen LogP contribution in [0.4, 0.5) is 0 Å². The molecule has 0 saturated heterocycles. The quantitative estimate of drug-likeness (QED) is 0.0266. The summed E-state index contributed by atoms with van der Waals surface area (Å²) in [5, 5.41) is 0. The van der Waals surface area contributed by atoms with Crippen LogP contribution in [0.5, 0.6) is 0 Å². The minimum absolute atomic E-state index is 0.0430. The Morgan fingerprint density at radius 2 is 0.948 bits per heavy atom. The van der Waals surface area contributed by atoms with Gasteiger partial charge in [-0.2, -0.15) is 0 Å². The lowest BCUT2D eigenvalue weighted by Gasteiger charge is -2.19. The van der Waals surface area contributed by atoms with E-state index >= 15 is 0 Å². The number of esters is 2. The molecule has 0 aromatic rings. The molecule has 3 N–H and O–H groups in total. The monoisotopic (exact) mass is 836 g/mol. The molecule has 1 unspecified atom stereocenters. The Balaban J connectivity index is 4.16. The van der Waals surface area contributed by atoms with Crippen LogP contribution >= 0.6 is 7.82 Å². The van der Waals surface area contributed by atoms with Crippen LogP contribution in [0.3, 0.4) is 0 Å². The van der Waals surface area contributed by atoms with Crippen molar-refractivity contribution in [1.29, 1.82) is 0 Å². The van der Waals surface area contributed by atoms with Gasteiger partial charge in [-0.25, -0.2) is 4.57 Å². The molecule has 0 aliphatic heterocycles. The molecule has 0 aliphatic rings. The van der Waals surface area contributed by atoms with Gasteiger partial charge in [0, 0.05) is 19.4 Å². The Hall–Kier alpha value is -2.29. The van der Waals surface area contributed by atoms with Crippen molar-refractivity contribution in [2.24, 2.45) is 5.73 Å². The van der Waals surface area contributed by atoms with Crippen molar-refractivity contribution < 1.29 is 37.6 Å². The van der Waals surface area contributed by atoms with Crippen LogP contribution in [0.25, 0.3) is 0 Å². The summed E-state index contributed by atoms with van der Waals surface area (Å²) in [6.45, 7) is 3.57. The van der Waals surface area contributed by atoms with Gasteiger partial charge in [0.05, 0.1) is 13.2 Å². The third-order valence-corrected chi connectivity index (χ3v) is 10.7. The fraction of sp³-hybridized carbons (Fsp3) is 0.750. The van der Waals surface area contributed by atoms with Gasteiger partial charge in [-0.05, 0) is 51.4 Å².